The Morgan fingerprint density at radius 3 is 2.37 bits per heavy atom. The van der Waals surface area contributed by atoms with Gasteiger partial charge in [-0.15, -0.1) is 0 Å². The molecule has 3 fully saturated rings. The largest absolute Gasteiger partial charge is 0.341 e. The summed E-state index contributed by atoms with van der Waals surface area (Å²) < 4.78 is 1.82. The van der Waals surface area contributed by atoms with E-state index >= 15 is 0 Å². The molecule has 0 radical (unpaired) electrons. The van der Waals surface area contributed by atoms with Crippen molar-refractivity contribution in [1.82, 2.24) is 39.9 Å². The maximum Gasteiger partial charge on any atom is 0.326 e. The molecule has 0 bridgehead atoms. The second-order valence-corrected chi connectivity index (χ2v) is 14.4. The van der Waals surface area contributed by atoms with Crippen LogP contribution in [0.25, 0.3) is 21.9 Å². The van der Waals surface area contributed by atoms with Crippen molar-refractivity contribution < 1.29 is 9.59 Å². The van der Waals surface area contributed by atoms with E-state index in [-0.39, 0.29) is 23.7 Å². The molecule has 3 amide bonds. The van der Waals surface area contributed by atoms with E-state index in [0.717, 1.165) is 92.5 Å². The van der Waals surface area contributed by atoms with Gasteiger partial charge in [-0.05, 0) is 74.1 Å². The summed E-state index contributed by atoms with van der Waals surface area (Å²) in [6.07, 6.45) is 10.1. The summed E-state index contributed by atoms with van der Waals surface area (Å²) >= 11 is 0. The summed E-state index contributed by atoms with van der Waals surface area (Å²) in [7, 11) is 0. The van der Waals surface area contributed by atoms with Gasteiger partial charge in [-0.2, -0.15) is 0 Å². The highest BCUT2D eigenvalue weighted by Crippen LogP contribution is 2.28. The van der Waals surface area contributed by atoms with Crippen LogP contribution in [0.3, 0.4) is 0 Å². The van der Waals surface area contributed by atoms with Gasteiger partial charge in [-0.1, -0.05) is 36.4 Å². The molecule has 2 aromatic carbocycles. The number of benzene rings is 2. The number of urea groups is 1. The Morgan fingerprint density at radius 2 is 1.57 bits per heavy atom. The number of carbonyl (C=O) groups is 2. The second kappa shape index (κ2) is 14.0. The van der Waals surface area contributed by atoms with Gasteiger partial charge in [0.15, 0.2) is 0 Å². The fraction of sp³-hybridized carbons (Fsp3) is 0.526. The summed E-state index contributed by atoms with van der Waals surface area (Å²) in [6, 6.07) is 14.1. The van der Waals surface area contributed by atoms with Gasteiger partial charge in [-0.3, -0.25) is 19.2 Å². The topological polar surface area (TPSA) is 119 Å². The third kappa shape index (κ3) is 6.58. The number of nitrogens with one attached hydrogen (secondary N) is 3. The number of nitrogens with zero attached hydrogens (tertiary/aromatic N) is 5. The van der Waals surface area contributed by atoms with E-state index in [0.29, 0.717) is 38.4 Å². The Hall–Kier alpha value is -4.22. The van der Waals surface area contributed by atoms with Crippen LogP contribution < -0.4 is 16.3 Å². The van der Waals surface area contributed by atoms with Crippen LogP contribution in [-0.4, -0.2) is 106 Å². The van der Waals surface area contributed by atoms with Gasteiger partial charge in [0.2, 0.25) is 5.91 Å². The quantitative estimate of drug-likeness (QED) is 0.290. The summed E-state index contributed by atoms with van der Waals surface area (Å²) in [5.74, 6) is 0.0183. The summed E-state index contributed by atoms with van der Waals surface area (Å²) in [4.78, 5) is 55.2. The lowest BCUT2D eigenvalue weighted by Gasteiger charge is -2.41. The Morgan fingerprint density at radius 1 is 0.857 bits per heavy atom. The molecule has 4 aliphatic rings. The van der Waals surface area contributed by atoms with Crippen molar-refractivity contribution in [1.29, 1.82) is 0 Å². The van der Waals surface area contributed by atoms with Crippen LogP contribution in [0.2, 0.25) is 0 Å². The van der Waals surface area contributed by atoms with Crippen LogP contribution in [0.15, 0.2) is 53.5 Å². The molecule has 3 aliphatic heterocycles. The Labute approximate surface area is 287 Å². The zero-order chi connectivity index (χ0) is 33.3. The molecule has 0 saturated carbocycles. The van der Waals surface area contributed by atoms with Crippen LogP contribution in [0.5, 0.6) is 0 Å². The molecule has 4 aromatic rings. The summed E-state index contributed by atoms with van der Waals surface area (Å²) in [5, 5.41) is 7.55. The number of aromatic amines is 1. The van der Waals surface area contributed by atoms with Crippen LogP contribution >= 0.6 is 0 Å². The number of H-pyrrole nitrogens is 1. The highest BCUT2D eigenvalue weighted by Gasteiger charge is 2.34. The molecule has 1 aliphatic carbocycles. The number of aromatic nitrogens is 3. The highest BCUT2D eigenvalue weighted by atomic mass is 16.2. The number of piperazine rings is 1. The van der Waals surface area contributed by atoms with E-state index in [9.17, 15) is 14.4 Å². The van der Waals surface area contributed by atoms with Crippen molar-refractivity contribution in [2.24, 2.45) is 0 Å². The fourth-order valence-corrected chi connectivity index (χ4v) is 8.72. The van der Waals surface area contributed by atoms with Crippen LogP contribution in [0.4, 0.5) is 4.79 Å². The molecule has 2 aromatic heterocycles. The molecule has 258 valence electrons. The number of carbonyl (C=O) groups excluding carboxylic acids is 2. The first-order valence-corrected chi connectivity index (χ1v) is 18.4. The Balaban J connectivity index is 0.954. The van der Waals surface area contributed by atoms with Gasteiger partial charge in [0.1, 0.15) is 6.04 Å². The number of likely N-dealkylation sites (tertiary alicyclic amines) is 2. The summed E-state index contributed by atoms with van der Waals surface area (Å²) in [5.41, 5.74) is 6.20. The predicted molar refractivity (Wildman–Crippen MR) is 191 cm³/mol. The zero-order valence-electron chi connectivity index (χ0n) is 28.3. The molecule has 5 heterocycles. The molecule has 1 atom stereocenters. The number of aryl methyl sites for hydroxylation is 2. The number of amides is 3. The van der Waals surface area contributed by atoms with Gasteiger partial charge in [0, 0.05) is 76.2 Å². The first kappa shape index (κ1) is 32.0. The van der Waals surface area contributed by atoms with Crippen molar-refractivity contribution in [3.8, 4) is 0 Å². The minimum Gasteiger partial charge on any atom is -0.341 e. The fourth-order valence-electron chi connectivity index (χ4n) is 8.72. The number of hydrogen-bond acceptors (Lipinski definition) is 6. The number of para-hydroxylation sites is 1. The molecule has 3 N–H and O–H groups in total. The van der Waals surface area contributed by atoms with Crippen molar-refractivity contribution in [3.05, 3.63) is 75.8 Å². The number of hydrogen-bond donors (Lipinski definition) is 3. The number of rotatable bonds is 6. The monoisotopic (exact) mass is 664 g/mol. The molecule has 0 unspecified atom stereocenters. The van der Waals surface area contributed by atoms with Gasteiger partial charge in [0.05, 0.1) is 22.7 Å². The normalized spacial score (nSPS) is 20.4. The van der Waals surface area contributed by atoms with Crippen LogP contribution in [-0.2, 0) is 24.1 Å². The molecule has 11 nitrogen and oxygen atoms in total. The van der Waals surface area contributed by atoms with E-state index in [1.54, 1.807) is 6.20 Å². The lowest BCUT2D eigenvalue weighted by atomic mass is 9.89. The lowest BCUT2D eigenvalue weighted by molar-refractivity contribution is -0.134. The highest BCUT2D eigenvalue weighted by molar-refractivity contribution is 6.01. The van der Waals surface area contributed by atoms with E-state index in [4.69, 9.17) is 0 Å². The first-order chi connectivity index (χ1) is 24.0. The third-order valence-corrected chi connectivity index (χ3v) is 11.5. The van der Waals surface area contributed by atoms with Gasteiger partial charge < -0.3 is 25.4 Å². The molecule has 0 spiro atoms. The second-order valence-electron chi connectivity index (χ2n) is 14.4. The Bertz CT molecular complexity index is 1880. The van der Waals surface area contributed by atoms with E-state index in [1.165, 1.54) is 24.0 Å². The number of pyridine rings is 1. The number of imidazole rings is 1. The molecular weight excluding hydrogens is 616 g/mol. The van der Waals surface area contributed by atoms with Gasteiger partial charge >= 0.3 is 11.7 Å². The number of fused-ring (bicyclic) bond motifs is 4. The standard InChI is InChI=1S/C38H48N8O3/c47-36(44-17-11-29(12-18-44)43-21-15-39-16-22-43)33(24-26-9-10-27-5-1-2-6-28(27)23-26)41-37(48)45-19-13-30(14-20-45)46-34-25-40-32-8-4-3-7-31(32)35(34)42-38(46)49/h3-4,7-10,23,25,29-30,33,39H,1-2,5-6,11-22,24H2,(H,41,48)(H,42,49)/t33-/m1/s1. The van der Waals surface area contributed by atoms with E-state index < -0.39 is 6.04 Å². The molecule has 3 saturated heterocycles. The molecule has 8 rings (SSSR count). The van der Waals surface area contributed by atoms with Crippen molar-refractivity contribution >= 4 is 33.9 Å². The molecule has 49 heavy (non-hydrogen) atoms. The third-order valence-electron chi connectivity index (χ3n) is 11.5. The van der Waals surface area contributed by atoms with Crippen LogP contribution in [0.1, 0.15) is 61.3 Å². The predicted octanol–water partition coefficient (Wildman–Crippen LogP) is 3.61. The minimum absolute atomic E-state index is 0.0183. The smallest absolute Gasteiger partial charge is 0.326 e. The maximum atomic E-state index is 14.2. The Kier molecular flexibility index (Phi) is 9.12. The average molecular weight is 665 g/mol. The first-order valence-electron chi connectivity index (χ1n) is 18.4. The SMILES string of the molecule is O=C(N[C@H](Cc1ccc2c(c1)CCCC2)C(=O)N1CCC(N2CCNCC2)CC1)N1CCC(n2c(=O)[nH]c3c4ccccc4ncc32)CC1. The lowest BCUT2D eigenvalue weighted by Crippen LogP contribution is -2.57. The average Bonchev–Trinajstić information content (AvgIpc) is 3.50. The minimum atomic E-state index is -0.627. The zero-order valence-corrected chi connectivity index (χ0v) is 28.3. The maximum absolute atomic E-state index is 14.2. The van der Waals surface area contributed by atoms with E-state index in [1.807, 2.05) is 38.6 Å². The van der Waals surface area contributed by atoms with Gasteiger partial charge in [0.25, 0.3) is 0 Å². The van der Waals surface area contributed by atoms with Crippen molar-refractivity contribution in [2.45, 2.75) is 75.9 Å². The van der Waals surface area contributed by atoms with Crippen molar-refractivity contribution in [3.63, 3.8) is 0 Å². The van der Waals surface area contributed by atoms with Crippen molar-refractivity contribution in [2.75, 3.05) is 52.4 Å². The number of piperidine rings is 2. The summed E-state index contributed by atoms with van der Waals surface area (Å²) in [6.45, 7) is 6.64. The molecular formula is C38H48N8O3. The van der Waals surface area contributed by atoms with Crippen LogP contribution in [0, 0.1) is 0 Å². The van der Waals surface area contributed by atoms with E-state index in [2.05, 4.69) is 43.7 Å². The molecule has 11 heteroatoms. The van der Waals surface area contributed by atoms with Gasteiger partial charge in [-0.25, -0.2) is 9.59 Å².